The van der Waals surface area contributed by atoms with E-state index in [1.807, 2.05) is 18.5 Å². The summed E-state index contributed by atoms with van der Waals surface area (Å²) in [6.45, 7) is 14.7. The van der Waals surface area contributed by atoms with Gasteiger partial charge in [0.05, 0.1) is 0 Å². The first-order valence-electron chi connectivity index (χ1n) is 15.3. The van der Waals surface area contributed by atoms with Gasteiger partial charge in [-0.1, -0.05) is 48.8 Å². The van der Waals surface area contributed by atoms with Gasteiger partial charge < -0.3 is 0 Å². The second-order valence-electron chi connectivity index (χ2n) is 11.6. The molecule has 4 heteroatoms. The quantitative estimate of drug-likeness (QED) is 0.111. The summed E-state index contributed by atoms with van der Waals surface area (Å²) in [4.78, 5) is 9.61. The summed E-state index contributed by atoms with van der Waals surface area (Å²) in [6, 6.07) is 16.1. The number of aromatic nitrogens is 1. The summed E-state index contributed by atoms with van der Waals surface area (Å²) in [5.74, 6) is 2.89. The van der Waals surface area contributed by atoms with Gasteiger partial charge in [-0.05, 0) is 147 Å². The Labute approximate surface area is 262 Å². The third-order valence-electron chi connectivity index (χ3n) is 8.53. The first-order chi connectivity index (χ1) is 19.9. The summed E-state index contributed by atoms with van der Waals surface area (Å²) < 4.78 is 1.20. The van der Waals surface area contributed by atoms with Crippen LogP contribution in [0.5, 0.6) is 0 Å². The van der Waals surface area contributed by atoms with Gasteiger partial charge in [0.15, 0.2) is 0 Å². The van der Waals surface area contributed by atoms with E-state index < -0.39 is 0 Å². The lowest BCUT2D eigenvalue weighted by Gasteiger charge is -2.31. The van der Waals surface area contributed by atoms with Crippen LogP contribution in [0.4, 0.5) is 0 Å². The maximum atomic E-state index is 5.82. The molecule has 1 atom stereocenters. The van der Waals surface area contributed by atoms with Gasteiger partial charge in [-0.15, -0.1) is 6.42 Å². The lowest BCUT2D eigenvalue weighted by molar-refractivity contribution is 0.207. The molecule has 0 radical (unpaired) electrons. The molecule has 3 aromatic rings. The summed E-state index contributed by atoms with van der Waals surface area (Å²) in [5, 5.41) is 0. The van der Waals surface area contributed by atoms with Crippen LogP contribution in [0.2, 0.25) is 0 Å². The van der Waals surface area contributed by atoms with Crippen LogP contribution in [0.15, 0.2) is 66.5 Å². The van der Waals surface area contributed by atoms with Crippen LogP contribution in [-0.2, 0) is 19.4 Å². The molecule has 216 valence electrons. The number of halogens is 1. The second kappa shape index (κ2) is 15.7. The summed E-state index contributed by atoms with van der Waals surface area (Å²) >= 11 is 2.34. The monoisotopic (exact) mass is 659 g/mol. The fourth-order valence-corrected chi connectivity index (χ4v) is 6.65. The van der Waals surface area contributed by atoms with E-state index in [0.29, 0.717) is 6.04 Å². The van der Waals surface area contributed by atoms with Gasteiger partial charge in [-0.25, -0.2) is 0 Å². The lowest BCUT2D eigenvalue weighted by Crippen LogP contribution is -2.30. The molecule has 0 fully saturated rings. The fourth-order valence-electron chi connectivity index (χ4n) is 6.16. The van der Waals surface area contributed by atoms with Crippen molar-refractivity contribution in [1.82, 2.24) is 14.8 Å². The minimum atomic E-state index is 0.403. The molecule has 1 aliphatic heterocycles. The molecular formula is C37H46IN3. The van der Waals surface area contributed by atoms with E-state index in [-0.39, 0.29) is 0 Å². The Balaban J connectivity index is 1.40. The average Bonchev–Trinajstić information content (AvgIpc) is 3.20. The van der Waals surface area contributed by atoms with E-state index in [1.165, 1.54) is 48.9 Å². The number of benzene rings is 2. The molecule has 0 N–H and O–H groups in total. The number of hydrogen-bond acceptors (Lipinski definition) is 3. The molecule has 1 aromatic heterocycles. The summed E-state index contributed by atoms with van der Waals surface area (Å²) in [6.07, 6.45) is 18.7. The molecule has 0 bridgehead atoms. The van der Waals surface area contributed by atoms with Crippen molar-refractivity contribution in [3.05, 3.63) is 109 Å². The minimum absolute atomic E-state index is 0.403. The molecule has 0 saturated heterocycles. The van der Waals surface area contributed by atoms with Gasteiger partial charge in [0, 0.05) is 47.2 Å². The van der Waals surface area contributed by atoms with Crippen molar-refractivity contribution in [1.29, 1.82) is 0 Å². The van der Waals surface area contributed by atoms with Crippen molar-refractivity contribution < 1.29 is 0 Å². The molecule has 4 rings (SSSR count). The summed E-state index contributed by atoms with van der Waals surface area (Å²) in [5.41, 5.74) is 10.9. The van der Waals surface area contributed by atoms with Gasteiger partial charge in [0.1, 0.15) is 0 Å². The minimum Gasteiger partial charge on any atom is -0.298 e. The normalized spacial score (nSPS) is 14.9. The number of pyridine rings is 1. The molecule has 0 saturated carbocycles. The summed E-state index contributed by atoms with van der Waals surface area (Å²) in [7, 11) is 0. The Morgan fingerprint density at radius 2 is 1.93 bits per heavy atom. The van der Waals surface area contributed by atoms with Crippen LogP contribution < -0.4 is 0 Å². The van der Waals surface area contributed by atoms with Gasteiger partial charge >= 0.3 is 0 Å². The Morgan fingerprint density at radius 3 is 2.68 bits per heavy atom. The van der Waals surface area contributed by atoms with Crippen LogP contribution in [0, 0.1) is 29.8 Å². The first kappa shape index (κ1) is 31.5. The van der Waals surface area contributed by atoms with Crippen LogP contribution >= 0.6 is 22.6 Å². The zero-order chi connectivity index (χ0) is 29.2. The van der Waals surface area contributed by atoms with Crippen molar-refractivity contribution in [3.8, 4) is 12.3 Å². The Hall–Kier alpha value is -2.46. The van der Waals surface area contributed by atoms with Crippen molar-refractivity contribution in [3.63, 3.8) is 0 Å². The topological polar surface area (TPSA) is 19.4 Å². The predicted octanol–water partition coefficient (Wildman–Crippen LogP) is 8.46. The Morgan fingerprint density at radius 1 is 1.07 bits per heavy atom. The number of nitrogens with zero attached hydrogens (tertiary/aromatic N) is 3. The van der Waals surface area contributed by atoms with Crippen molar-refractivity contribution in [2.75, 3.05) is 26.2 Å². The Kier molecular flexibility index (Phi) is 12.0. The average molecular weight is 660 g/mol. The van der Waals surface area contributed by atoms with Gasteiger partial charge in [0.2, 0.25) is 0 Å². The molecule has 2 aromatic carbocycles. The smallest absolute Gasteiger partial charge is 0.0322 e. The highest BCUT2D eigenvalue weighted by Gasteiger charge is 2.20. The van der Waals surface area contributed by atoms with Crippen molar-refractivity contribution in [2.24, 2.45) is 0 Å². The molecule has 0 spiro atoms. The van der Waals surface area contributed by atoms with E-state index in [4.69, 9.17) is 6.42 Å². The zero-order valence-electron chi connectivity index (χ0n) is 25.4. The number of aryl methyl sites for hydroxylation is 3. The fraction of sp³-hybridized carbons (Fsp3) is 0.432. The van der Waals surface area contributed by atoms with Crippen LogP contribution in [-0.4, -0.2) is 41.0 Å². The van der Waals surface area contributed by atoms with Crippen molar-refractivity contribution in [2.45, 2.75) is 78.8 Å². The van der Waals surface area contributed by atoms with Crippen LogP contribution in [0.1, 0.15) is 84.5 Å². The van der Waals surface area contributed by atoms with Gasteiger partial charge in [-0.2, -0.15) is 0 Å². The third-order valence-corrected chi connectivity index (χ3v) is 9.20. The molecule has 0 amide bonds. The van der Waals surface area contributed by atoms with Gasteiger partial charge in [0.25, 0.3) is 0 Å². The van der Waals surface area contributed by atoms with E-state index in [9.17, 15) is 0 Å². The molecule has 0 aliphatic carbocycles. The van der Waals surface area contributed by atoms with Crippen LogP contribution in [0.25, 0.3) is 0 Å². The molecule has 0 unspecified atom stereocenters. The number of terminal acetylenes is 1. The number of rotatable bonds is 12. The van der Waals surface area contributed by atoms with E-state index >= 15 is 0 Å². The standard InChI is InChI=1S/C37H46IN3/c1-6-18-41(20-10-13-32-11-8-17-39-26-32)30(5)37-25-35(28(3)22-29(37)4)27-40-19-9-12-31(16-21-40)23-34-14-15-36(38)24-33(34)7-2/h2,8,11-12,14-15,17,22,24-26,30H,6,9-10,13,16,18-21,23,27H2,1,3-5H3/t30-/m1/s1. The van der Waals surface area contributed by atoms with Crippen molar-refractivity contribution >= 4 is 22.6 Å². The SMILES string of the molecule is C#Cc1cc(I)ccc1CC1=CCCN(Cc2cc([C@@H](C)N(CCC)CCCc3cccnc3)c(C)cc2C)CC1. The molecule has 2 heterocycles. The Bertz CT molecular complexity index is 1350. The molecule has 41 heavy (non-hydrogen) atoms. The second-order valence-corrected chi connectivity index (χ2v) is 12.9. The lowest BCUT2D eigenvalue weighted by atomic mass is 9.94. The maximum Gasteiger partial charge on any atom is 0.0322 e. The number of hydrogen-bond donors (Lipinski definition) is 0. The van der Waals surface area contributed by atoms with E-state index in [2.05, 4.69) is 113 Å². The maximum absolute atomic E-state index is 5.82. The highest BCUT2D eigenvalue weighted by Crippen LogP contribution is 2.29. The van der Waals surface area contributed by atoms with Crippen LogP contribution in [0.3, 0.4) is 0 Å². The zero-order valence-corrected chi connectivity index (χ0v) is 27.6. The molecular weight excluding hydrogens is 613 g/mol. The van der Waals surface area contributed by atoms with E-state index in [1.54, 1.807) is 0 Å². The molecule has 3 nitrogen and oxygen atoms in total. The largest absolute Gasteiger partial charge is 0.298 e. The predicted molar refractivity (Wildman–Crippen MR) is 182 cm³/mol. The third kappa shape index (κ3) is 9.01. The first-order valence-corrected chi connectivity index (χ1v) is 16.3. The van der Waals surface area contributed by atoms with Gasteiger partial charge in [-0.3, -0.25) is 14.8 Å². The molecule has 1 aliphatic rings. The highest BCUT2D eigenvalue weighted by atomic mass is 127. The van der Waals surface area contributed by atoms with E-state index in [0.717, 1.165) is 70.4 Å². The highest BCUT2D eigenvalue weighted by molar-refractivity contribution is 14.1.